The van der Waals surface area contributed by atoms with Crippen molar-refractivity contribution in [1.29, 1.82) is 0 Å². The summed E-state index contributed by atoms with van der Waals surface area (Å²) < 4.78 is 9.78. The fourth-order valence-corrected chi connectivity index (χ4v) is 2.90. The maximum atomic E-state index is 12.1. The molecule has 0 spiro atoms. The highest BCUT2D eigenvalue weighted by atomic mass is 79.9. The molecule has 0 aliphatic carbocycles. The van der Waals surface area contributed by atoms with E-state index >= 15 is 0 Å². The zero-order valence-electron chi connectivity index (χ0n) is 10.6. The Labute approximate surface area is 122 Å². The molecule has 0 unspecified atom stereocenters. The Morgan fingerprint density at radius 3 is 2.58 bits per heavy atom. The van der Waals surface area contributed by atoms with Crippen LogP contribution in [0.1, 0.15) is 27.0 Å². The zero-order valence-corrected chi connectivity index (χ0v) is 13.0. The predicted molar refractivity (Wildman–Crippen MR) is 72.5 cm³/mol. The Balaban J connectivity index is 3.07. The first-order chi connectivity index (χ1) is 8.93. The van der Waals surface area contributed by atoms with Crippen molar-refractivity contribution in [2.45, 2.75) is 6.92 Å². The van der Waals surface area contributed by atoms with Gasteiger partial charge in [-0.1, -0.05) is 0 Å². The molecule has 0 aliphatic rings. The molecule has 8 heteroatoms. The molecule has 2 amide bonds. The fraction of sp³-hybridized carbons (Fsp3) is 0.364. The first kappa shape index (κ1) is 15.6. The Morgan fingerprint density at radius 2 is 2.05 bits per heavy atom. The molecule has 0 fully saturated rings. The summed E-state index contributed by atoms with van der Waals surface area (Å²) in [7, 11) is 2.50. The second-order valence-corrected chi connectivity index (χ2v) is 5.08. The molecule has 1 aromatic heterocycles. The lowest BCUT2D eigenvalue weighted by Crippen LogP contribution is -2.34. The molecule has 1 rings (SSSR count). The van der Waals surface area contributed by atoms with Crippen LogP contribution in [0.3, 0.4) is 0 Å². The molecule has 0 bridgehead atoms. The molecule has 0 aromatic carbocycles. The smallest absolute Gasteiger partial charge is 0.416 e. The van der Waals surface area contributed by atoms with Gasteiger partial charge in [0.25, 0.3) is 5.91 Å². The van der Waals surface area contributed by atoms with Gasteiger partial charge in [0.1, 0.15) is 4.88 Å². The van der Waals surface area contributed by atoms with Crippen LogP contribution in [-0.2, 0) is 9.47 Å². The van der Waals surface area contributed by atoms with Gasteiger partial charge < -0.3 is 9.47 Å². The van der Waals surface area contributed by atoms with E-state index in [2.05, 4.69) is 20.7 Å². The SMILES string of the molecule is CCOC(=O)N(C)C(=O)c1scc(Br)c1C(=O)OC. The molecule has 104 valence electrons. The number of methoxy groups -OCH3 is 1. The zero-order chi connectivity index (χ0) is 14.6. The highest BCUT2D eigenvalue weighted by Crippen LogP contribution is 2.29. The number of imide groups is 1. The molecule has 19 heavy (non-hydrogen) atoms. The highest BCUT2D eigenvalue weighted by Gasteiger charge is 2.28. The standard InChI is InChI=1S/C11H12BrNO5S/c1-4-18-11(16)13(2)9(14)8-7(10(15)17-3)6(12)5-19-8/h5H,4H2,1-3H3. The summed E-state index contributed by atoms with van der Waals surface area (Å²) in [6, 6.07) is 0. The lowest BCUT2D eigenvalue weighted by molar-refractivity contribution is 0.0588. The first-order valence-electron chi connectivity index (χ1n) is 5.24. The van der Waals surface area contributed by atoms with E-state index in [0.29, 0.717) is 4.47 Å². The lowest BCUT2D eigenvalue weighted by atomic mass is 10.2. The summed E-state index contributed by atoms with van der Waals surface area (Å²) >= 11 is 4.21. The maximum Gasteiger partial charge on any atom is 0.416 e. The summed E-state index contributed by atoms with van der Waals surface area (Å²) in [6.45, 7) is 1.80. The number of amides is 2. The predicted octanol–water partition coefficient (Wildman–Crippen LogP) is 2.53. The van der Waals surface area contributed by atoms with E-state index < -0.39 is 18.0 Å². The van der Waals surface area contributed by atoms with Crippen molar-refractivity contribution in [2.75, 3.05) is 20.8 Å². The van der Waals surface area contributed by atoms with E-state index in [9.17, 15) is 14.4 Å². The van der Waals surface area contributed by atoms with Crippen molar-refractivity contribution in [3.63, 3.8) is 0 Å². The largest absolute Gasteiger partial charge is 0.465 e. The number of carbonyl (C=O) groups is 3. The Kier molecular flexibility index (Phi) is 5.49. The van der Waals surface area contributed by atoms with Gasteiger partial charge in [0.2, 0.25) is 0 Å². The second-order valence-electron chi connectivity index (χ2n) is 3.34. The number of carbonyl (C=O) groups excluding carboxylic acids is 3. The molecule has 0 saturated heterocycles. The summed E-state index contributed by atoms with van der Waals surface area (Å²) in [5, 5.41) is 1.58. The summed E-state index contributed by atoms with van der Waals surface area (Å²) in [4.78, 5) is 36.1. The van der Waals surface area contributed by atoms with Gasteiger partial charge in [0, 0.05) is 16.9 Å². The van der Waals surface area contributed by atoms with Crippen LogP contribution in [0, 0.1) is 0 Å². The minimum atomic E-state index is -0.771. The molecule has 1 heterocycles. The maximum absolute atomic E-state index is 12.1. The summed E-state index contributed by atoms with van der Waals surface area (Å²) in [5.74, 6) is -1.26. The Morgan fingerprint density at radius 1 is 1.42 bits per heavy atom. The van der Waals surface area contributed by atoms with Crippen LogP contribution in [0.4, 0.5) is 4.79 Å². The van der Waals surface area contributed by atoms with E-state index in [-0.39, 0.29) is 17.0 Å². The quantitative estimate of drug-likeness (QED) is 0.784. The van der Waals surface area contributed by atoms with Crippen molar-refractivity contribution in [2.24, 2.45) is 0 Å². The number of halogens is 1. The average Bonchev–Trinajstić information content (AvgIpc) is 2.78. The van der Waals surface area contributed by atoms with Gasteiger partial charge in [-0.05, 0) is 22.9 Å². The molecule has 0 radical (unpaired) electrons. The van der Waals surface area contributed by atoms with E-state index in [1.54, 1.807) is 12.3 Å². The molecule has 0 saturated carbocycles. The first-order valence-corrected chi connectivity index (χ1v) is 6.91. The van der Waals surface area contributed by atoms with Crippen molar-refractivity contribution in [1.82, 2.24) is 4.90 Å². The van der Waals surface area contributed by atoms with Crippen molar-refractivity contribution < 1.29 is 23.9 Å². The summed E-state index contributed by atoms with van der Waals surface area (Å²) in [6.07, 6.45) is -0.771. The Bertz CT molecular complexity index is 513. The number of hydrogen-bond acceptors (Lipinski definition) is 6. The number of ether oxygens (including phenoxy) is 2. The molecule has 6 nitrogen and oxygen atoms in total. The van der Waals surface area contributed by atoms with Crippen LogP contribution >= 0.6 is 27.3 Å². The number of nitrogens with zero attached hydrogens (tertiary/aromatic N) is 1. The minimum Gasteiger partial charge on any atom is -0.465 e. The second kappa shape index (κ2) is 6.67. The molecular weight excluding hydrogens is 338 g/mol. The average molecular weight is 350 g/mol. The van der Waals surface area contributed by atoms with Crippen LogP contribution in [0.25, 0.3) is 0 Å². The van der Waals surface area contributed by atoms with Crippen LogP contribution in [0.2, 0.25) is 0 Å². The van der Waals surface area contributed by atoms with Crippen LogP contribution in [-0.4, -0.2) is 43.6 Å². The van der Waals surface area contributed by atoms with Gasteiger partial charge in [-0.25, -0.2) is 14.5 Å². The number of thiophene rings is 1. The minimum absolute atomic E-state index is 0.105. The molecular formula is C11H12BrNO5S. The topological polar surface area (TPSA) is 72.9 Å². The van der Waals surface area contributed by atoms with E-state index in [1.807, 2.05) is 0 Å². The van der Waals surface area contributed by atoms with Crippen LogP contribution in [0.5, 0.6) is 0 Å². The van der Waals surface area contributed by atoms with Crippen molar-refractivity contribution >= 4 is 45.2 Å². The van der Waals surface area contributed by atoms with E-state index in [4.69, 9.17) is 4.74 Å². The van der Waals surface area contributed by atoms with Crippen LogP contribution in [0.15, 0.2) is 9.85 Å². The third kappa shape index (κ3) is 3.32. The fourth-order valence-electron chi connectivity index (χ4n) is 1.24. The molecule has 0 atom stereocenters. The van der Waals surface area contributed by atoms with Gasteiger partial charge in [-0.3, -0.25) is 4.79 Å². The van der Waals surface area contributed by atoms with Gasteiger partial charge in [0.05, 0.1) is 19.3 Å². The normalized spacial score (nSPS) is 9.89. The Hall–Kier alpha value is -1.41. The summed E-state index contributed by atoms with van der Waals surface area (Å²) in [5.41, 5.74) is 0.105. The molecule has 0 N–H and O–H groups in total. The highest BCUT2D eigenvalue weighted by molar-refractivity contribution is 9.10. The number of esters is 1. The third-order valence-electron chi connectivity index (χ3n) is 2.18. The van der Waals surface area contributed by atoms with E-state index in [0.717, 1.165) is 16.2 Å². The lowest BCUT2D eigenvalue weighted by Gasteiger charge is -2.14. The van der Waals surface area contributed by atoms with Gasteiger partial charge in [-0.2, -0.15) is 0 Å². The van der Waals surface area contributed by atoms with Gasteiger partial charge in [-0.15, -0.1) is 11.3 Å². The van der Waals surface area contributed by atoms with Gasteiger partial charge >= 0.3 is 12.1 Å². The third-order valence-corrected chi connectivity index (χ3v) is 4.07. The molecule has 1 aromatic rings. The van der Waals surface area contributed by atoms with E-state index in [1.165, 1.54) is 14.2 Å². The number of rotatable bonds is 3. The van der Waals surface area contributed by atoms with Crippen molar-refractivity contribution in [3.8, 4) is 0 Å². The molecule has 0 aliphatic heterocycles. The monoisotopic (exact) mass is 349 g/mol. The van der Waals surface area contributed by atoms with Gasteiger partial charge in [0.15, 0.2) is 0 Å². The van der Waals surface area contributed by atoms with Crippen LogP contribution < -0.4 is 0 Å². The van der Waals surface area contributed by atoms with Crippen molar-refractivity contribution in [3.05, 3.63) is 20.3 Å². The number of hydrogen-bond donors (Lipinski definition) is 0.